The van der Waals surface area contributed by atoms with Crippen LogP contribution in [0.1, 0.15) is 0 Å². The van der Waals surface area contributed by atoms with Crippen molar-refractivity contribution < 1.29 is 0 Å². The second kappa shape index (κ2) is 8.11. The zero-order chi connectivity index (χ0) is 25.1. The molecule has 0 amide bonds. The molecule has 0 bridgehead atoms. The fraction of sp³-hybridized carbons (Fsp3) is 0. The van der Waals surface area contributed by atoms with E-state index >= 15 is 0 Å². The number of hydrogen-bond acceptors (Lipinski definition) is 3. The molecule has 0 radical (unpaired) electrons. The highest BCUT2D eigenvalue weighted by molar-refractivity contribution is 6.25. The van der Waals surface area contributed by atoms with E-state index in [1.807, 2.05) is 30.5 Å². The molecule has 178 valence electrons. The van der Waals surface area contributed by atoms with Gasteiger partial charge in [0, 0.05) is 52.2 Å². The van der Waals surface area contributed by atoms with Gasteiger partial charge in [0.2, 0.25) is 0 Å². The van der Waals surface area contributed by atoms with Crippen molar-refractivity contribution in [2.45, 2.75) is 0 Å². The first-order chi connectivity index (χ1) is 18.9. The van der Waals surface area contributed by atoms with Crippen LogP contribution in [0, 0.1) is 0 Å². The van der Waals surface area contributed by atoms with Crippen LogP contribution in [0.2, 0.25) is 0 Å². The van der Waals surface area contributed by atoms with Crippen LogP contribution >= 0.6 is 0 Å². The molecule has 5 nitrogen and oxygen atoms in total. The van der Waals surface area contributed by atoms with Crippen molar-refractivity contribution in [3.63, 3.8) is 0 Å². The SMILES string of the molecule is c1ccc(-n2ccc3c2ccc2c4c5ccccc5ccc4n(-c4ccnc(-c5cccnc5)n4)c23)cc1. The number of hydrogen-bond donors (Lipinski definition) is 0. The normalized spacial score (nSPS) is 11.7. The highest BCUT2D eigenvalue weighted by Crippen LogP contribution is 2.40. The van der Waals surface area contributed by atoms with Crippen LogP contribution in [0.25, 0.3) is 66.4 Å². The van der Waals surface area contributed by atoms with E-state index in [1.54, 1.807) is 12.4 Å². The molecule has 0 atom stereocenters. The predicted molar refractivity (Wildman–Crippen MR) is 154 cm³/mol. The maximum absolute atomic E-state index is 5.04. The zero-order valence-electron chi connectivity index (χ0n) is 20.4. The molecule has 0 aliphatic carbocycles. The average molecular weight is 488 g/mol. The maximum atomic E-state index is 5.04. The fourth-order valence-electron chi connectivity index (χ4n) is 5.65. The zero-order valence-corrected chi connectivity index (χ0v) is 20.4. The third-order valence-corrected chi connectivity index (χ3v) is 7.31. The Balaban J connectivity index is 1.51. The van der Waals surface area contributed by atoms with E-state index < -0.39 is 0 Å². The molecular weight excluding hydrogens is 466 g/mol. The number of rotatable bonds is 3. The largest absolute Gasteiger partial charge is 0.316 e. The molecule has 8 rings (SSSR count). The van der Waals surface area contributed by atoms with Gasteiger partial charge in [-0.1, -0.05) is 54.6 Å². The van der Waals surface area contributed by atoms with Gasteiger partial charge in [0.1, 0.15) is 5.82 Å². The van der Waals surface area contributed by atoms with Crippen molar-refractivity contribution in [3.8, 4) is 22.9 Å². The Bertz CT molecular complexity index is 2120. The Morgan fingerprint density at radius 3 is 2.37 bits per heavy atom. The van der Waals surface area contributed by atoms with E-state index in [1.165, 1.54) is 26.9 Å². The average Bonchev–Trinajstić information content (AvgIpc) is 3.58. The Morgan fingerprint density at radius 1 is 0.605 bits per heavy atom. The smallest absolute Gasteiger partial charge is 0.163 e. The topological polar surface area (TPSA) is 48.5 Å². The molecule has 4 aromatic heterocycles. The molecule has 0 aliphatic heterocycles. The summed E-state index contributed by atoms with van der Waals surface area (Å²) in [5.74, 6) is 1.48. The summed E-state index contributed by atoms with van der Waals surface area (Å²) in [6.45, 7) is 0. The Hall–Kier alpha value is -5.29. The summed E-state index contributed by atoms with van der Waals surface area (Å²) in [5, 5.41) is 6.07. The first-order valence-electron chi connectivity index (χ1n) is 12.6. The summed E-state index contributed by atoms with van der Waals surface area (Å²) in [5.41, 5.74) is 5.43. The minimum atomic E-state index is 0.653. The van der Waals surface area contributed by atoms with Crippen LogP contribution in [-0.2, 0) is 0 Å². The van der Waals surface area contributed by atoms with Gasteiger partial charge < -0.3 is 4.57 Å². The summed E-state index contributed by atoms with van der Waals surface area (Å²) in [6.07, 6.45) is 7.55. The van der Waals surface area contributed by atoms with Crippen molar-refractivity contribution in [1.82, 2.24) is 24.1 Å². The van der Waals surface area contributed by atoms with E-state index in [9.17, 15) is 0 Å². The van der Waals surface area contributed by atoms with E-state index in [4.69, 9.17) is 4.98 Å². The summed E-state index contributed by atoms with van der Waals surface area (Å²) in [4.78, 5) is 13.9. The van der Waals surface area contributed by atoms with Crippen molar-refractivity contribution in [3.05, 3.63) is 128 Å². The van der Waals surface area contributed by atoms with Gasteiger partial charge in [0.15, 0.2) is 5.82 Å². The van der Waals surface area contributed by atoms with Gasteiger partial charge in [-0.15, -0.1) is 0 Å². The number of nitrogens with zero attached hydrogens (tertiary/aromatic N) is 5. The van der Waals surface area contributed by atoms with Gasteiger partial charge in [-0.3, -0.25) is 9.55 Å². The van der Waals surface area contributed by atoms with E-state index in [2.05, 4.69) is 104 Å². The standard InChI is InChI=1S/C33H21N5/c1-2-9-24(10-3-1)37-20-17-26-28(37)15-13-27-31-25-11-5-4-7-22(25)12-14-29(31)38(32(26)27)30-16-19-35-33(36-30)23-8-6-18-34-21-23/h1-21H. The van der Waals surface area contributed by atoms with Gasteiger partial charge in [0.05, 0.1) is 16.6 Å². The number of pyridine rings is 1. The van der Waals surface area contributed by atoms with E-state index in [0.29, 0.717) is 5.82 Å². The van der Waals surface area contributed by atoms with E-state index in [0.717, 1.165) is 33.6 Å². The van der Waals surface area contributed by atoms with Crippen molar-refractivity contribution in [2.75, 3.05) is 0 Å². The van der Waals surface area contributed by atoms with Crippen molar-refractivity contribution in [1.29, 1.82) is 0 Å². The minimum absolute atomic E-state index is 0.653. The van der Waals surface area contributed by atoms with Crippen LogP contribution < -0.4 is 0 Å². The molecule has 5 heteroatoms. The lowest BCUT2D eigenvalue weighted by Crippen LogP contribution is -2.00. The third kappa shape index (κ3) is 3.02. The van der Waals surface area contributed by atoms with Crippen LogP contribution in [0.15, 0.2) is 128 Å². The molecule has 0 spiro atoms. The van der Waals surface area contributed by atoms with Crippen LogP contribution in [0.3, 0.4) is 0 Å². The highest BCUT2D eigenvalue weighted by Gasteiger charge is 2.19. The summed E-state index contributed by atoms with van der Waals surface area (Å²) in [6, 6.07) is 36.1. The van der Waals surface area contributed by atoms with Gasteiger partial charge in [-0.25, -0.2) is 9.97 Å². The minimum Gasteiger partial charge on any atom is -0.316 e. The predicted octanol–water partition coefficient (Wildman–Crippen LogP) is 7.73. The molecule has 8 aromatic rings. The van der Waals surface area contributed by atoms with Gasteiger partial charge in [-0.2, -0.15) is 0 Å². The van der Waals surface area contributed by atoms with Crippen molar-refractivity contribution >= 4 is 43.5 Å². The first-order valence-corrected chi connectivity index (χ1v) is 12.6. The van der Waals surface area contributed by atoms with Gasteiger partial charge in [-0.05, 0) is 59.3 Å². The summed E-state index contributed by atoms with van der Waals surface area (Å²) < 4.78 is 4.53. The molecule has 0 unspecified atom stereocenters. The first kappa shape index (κ1) is 20.9. The number of fused-ring (bicyclic) bond motifs is 7. The molecule has 0 fully saturated rings. The van der Waals surface area contributed by atoms with Crippen molar-refractivity contribution in [2.24, 2.45) is 0 Å². The molecule has 0 N–H and O–H groups in total. The molecule has 0 saturated carbocycles. The lowest BCUT2D eigenvalue weighted by Gasteiger charge is -2.10. The summed E-state index contributed by atoms with van der Waals surface area (Å²) >= 11 is 0. The number of aromatic nitrogens is 5. The molecular formula is C33H21N5. The lowest BCUT2D eigenvalue weighted by atomic mass is 10.0. The van der Waals surface area contributed by atoms with E-state index in [-0.39, 0.29) is 0 Å². The number of para-hydroxylation sites is 1. The van der Waals surface area contributed by atoms with Gasteiger partial charge in [0.25, 0.3) is 0 Å². The molecule has 4 heterocycles. The lowest BCUT2D eigenvalue weighted by molar-refractivity contribution is 1.04. The maximum Gasteiger partial charge on any atom is 0.163 e. The Labute approximate surface area is 218 Å². The Kier molecular flexibility index (Phi) is 4.45. The molecule has 4 aromatic carbocycles. The monoisotopic (exact) mass is 487 g/mol. The second-order valence-corrected chi connectivity index (χ2v) is 9.41. The number of benzene rings is 4. The molecule has 0 aliphatic rings. The highest BCUT2D eigenvalue weighted by atomic mass is 15.1. The Morgan fingerprint density at radius 2 is 1.47 bits per heavy atom. The van der Waals surface area contributed by atoms with Crippen LogP contribution in [0.4, 0.5) is 0 Å². The molecule has 38 heavy (non-hydrogen) atoms. The quantitative estimate of drug-likeness (QED) is 0.256. The second-order valence-electron chi connectivity index (χ2n) is 9.41. The third-order valence-electron chi connectivity index (χ3n) is 7.31. The molecule has 0 saturated heterocycles. The summed E-state index contributed by atoms with van der Waals surface area (Å²) in [7, 11) is 0. The van der Waals surface area contributed by atoms with Crippen LogP contribution in [0.5, 0.6) is 0 Å². The van der Waals surface area contributed by atoms with Gasteiger partial charge >= 0.3 is 0 Å². The van der Waals surface area contributed by atoms with Crippen LogP contribution in [-0.4, -0.2) is 24.1 Å². The fourth-order valence-corrected chi connectivity index (χ4v) is 5.65.